The Hall–Kier alpha value is -3.46. The Bertz CT molecular complexity index is 1310. The van der Waals surface area contributed by atoms with E-state index in [1.165, 1.54) is 52.9 Å². The lowest BCUT2D eigenvalue weighted by atomic mass is 10.1. The zero-order chi connectivity index (χ0) is 23.3. The molecule has 0 spiro atoms. The van der Waals surface area contributed by atoms with Crippen molar-refractivity contribution < 1.29 is 0 Å². The fourth-order valence-corrected chi connectivity index (χ4v) is 5.55. The smallest absolute Gasteiger partial charge is 0.0345 e. The van der Waals surface area contributed by atoms with Crippen LogP contribution in [0.2, 0.25) is 0 Å². The third-order valence-electron chi connectivity index (χ3n) is 5.74. The lowest BCUT2D eigenvalue weighted by molar-refractivity contribution is 1.61. The van der Waals surface area contributed by atoms with Gasteiger partial charge in [0, 0.05) is 19.5 Å². The first-order valence-corrected chi connectivity index (χ1v) is 13.1. The van der Waals surface area contributed by atoms with Gasteiger partial charge in [-0.1, -0.05) is 97.1 Å². The van der Waals surface area contributed by atoms with Gasteiger partial charge in [-0.05, 0) is 71.5 Å². The van der Waals surface area contributed by atoms with Crippen LogP contribution in [0.1, 0.15) is 32.0 Å². The molecular formula is C32H26S2. The van der Waals surface area contributed by atoms with Crippen LogP contribution in [0.25, 0.3) is 45.2 Å². The van der Waals surface area contributed by atoms with E-state index in [1.54, 1.807) is 0 Å². The van der Waals surface area contributed by atoms with Crippen LogP contribution in [0.5, 0.6) is 0 Å². The maximum Gasteiger partial charge on any atom is 0.0345 e. The highest BCUT2D eigenvalue weighted by Gasteiger charge is 2.01. The van der Waals surface area contributed by atoms with Gasteiger partial charge in [-0.25, -0.2) is 0 Å². The number of hydrogen-bond donors (Lipinski definition) is 0. The number of rotatable bonds is 6. The molecular weight excluding hydrogens is 448 g/mol. The van der Waals surface area contributed by atoms with Gasteiger partial charge in [0.2, 0.25) is 0 Å². The largest absolute Gasteiger partial charge is 0.141 e. The topological polar surface area (TPSA) is 0 Å². The van der Waals surface area contributed by atoms with E-state index < -0.39 is 0 Å². The van der Waals surface area contributed by atoms with Gasteiger partial charge in [-0.3, -0.25) is 0 Å². The molecule has 0 aliphatic rings. The molecule has 0 saturated heterocycles. The Morgan fingerprint density at radius 2 is 0.676 bits per heavy atom. The minimum atomic E-state index is 1.20. The SMILES string of the molecule is Cc1ccc(-c2ccc(/C=C/c3ccc(/C=C/c4ccc(-c5ccc(C)s5)cc4)cc3)cc2)s1. The molecule has 3 aromatic carbocycles. The summed E-state index contributed by atoms with van der Waals surface area (Å²) in [5, 5.41) is 0. The zero-order valence-electron chi connectivity index (χ0n) is 19.4. The third kappa shape index (κ3) is 5.53. The Balaban J connectivity index is 1.20. The van der Waals surface area contributed by atoms with Gasteiger partial charge in [0.1, 0.15) is 0 Å². The van der Waals surface area contributed by atoms with Gasteiger partial charge in [-0.15, -0.1) is 22.7 Å². The summed E-state index contributed by atoms with van der Waals surface area (Å²) in [6.07, 6.45) is 8.68. The van der Waals surface area contributed by atoms with E-state index >= 15 is 0 Å². The van der Waals surface area contributed by atoms with E-state index in [-0.39, 0.29) is 0 Å². The molecule has 5 rings (SSSR count). The van der Waals surface area contributed by atoms with Crippen molar-refractivity contribution in [3.63, 3.8) is 0 Å². The van der Waals surface area contributed by atoms with Gasteiger partial charge in [-0.2, -0.15) is 0 Å². The van der Waals surface area contributed by atoms with E-state index in [0.717, 1.165) is 0 Å². The van der Waals surface area contributed by atoms with Crippen molar-refractivity contribution in [3.05, 3.63) is 129 Å². The molecule has 166 valence electrons. The van der Waals surface area contributed by atoms with Gasteiger partial charge in [0.25, 0.3) is 0 Å². The average molecular weight is 475 g/mol. The second kappa shape index (κ2) is 10.2. The Kier molecular flexibility index (Phi) is 6.71. The minimum Gasteiger partial charge on any atom is -0.141 e. The number of aryl methyl sites for hydroxylation is 2. The maximum absolute atomic E-state index is 2.20. The van der Waals surface area contributed by atoms with Gasteiger partial charge in [0.05, 0.1) is 0 Å². The molecule has 2 heterocycles. The number of thiophene rings is 2. The summed E-state index contributed by atoms with van der Waals surface area (Å²) in [4.78, 5) is 5.34. The van der Waals surface area contributed by atoms with Crippen molar-refractivity contribution in [1.82, 2.24) is 0 Å². The van der Waals surface area contributed by atoms with Crippen LogP contribution in [-0.4, -0.2) is 0 Å². The fraction of sp³-hybridized carbons (Fsp3) is 0.0625. The summed E-state index contributed by atoms with van der Waals surface area (Å²) < 4.78 is 0. The van der Waals surface area contributed by atoms with Crippen LogP contribution in [0, 0.1) is 13.8 Å². The van der Waals surface area contributed by atoms with Crippen molar-refractivity contribution in [2.24, 2.45) is 0 Å². The molecule has 2 aromatic heterocycles. The number of benzene rings is 3. The molecule has 0 radical (unpaired) electrons. The van der Waals surface area contributed by atoms with E-state index in [4.69, 9.17) is 0 Å². The average Bonchev–Trinajstić information content (AvgIpc) is 3.51. The van der Waals surface area contributed by atoms with Gasteiger partial charge < -0.3 is 0 Å². The predicted molar refractivity (Wildman–Crippen MR) is 153 cm³/mol. The van der Waals surface area contributed by atoms with Crippen LogP contribution < -0.4 is 0 Å². The minimum absolute atomic E-state index is 1.20. The summed E-state index contributed by atoms with van der Waals surface area (Å²) in [5.74, 6) is 0. The van der Waals surface area contributed by atoms with Crippen LogP contribution >= 0.6 is 22.7 Å². The lowest BCUT2D eigenvalue weighted by Crippen LogP contribution is -1.77. The molecule has 34 heavy (non-hydrogen) atoms. The standard InChI is InChI=1S/C32H26S2/c1-23-3-21-31(33-23)29-17-13-27(14-18-29)11-9-25-5-7-26(8-6-25)10-12-28-15-19-30(20-16-28)32-22-4-24(2)34-32/h3-22H,1-2H3/b11-9+,12-10+. The van der Waals surface area contributed by atoms with E-state index in [1.807, 2.05) is 22.7 Å². The van der Waals surface area contributed by atoms with E-state index in [0.29, 0.717) is 0 Å². The molecule has 0 aliphatic heterocycles. The predicted octanol–water partition coefficient (Wildman–Crippen LogP) is 10.1. The first kappa shape index (κ1) is 22.3. The van der Waals surface area contributed by atoms with Crippen molar-refractivity contribution in [2.75, 3.05) is 0 Å². The molecule has 0 aliphatic carbocycles. The summed E-state index contributed by atoms with van der Waals surface area (Å²) in [7, 11) is 0. The molecule has 0 unspecified atom stereocenters. The molecule has 2 heteroatoms. The molecule has 0 N–H and O–H groups in total. The first-order valence-electron chi connectivity index (χ1n) is 11.4. The Labute approximate surface area is 210 Å². The van der Waals surface area contributed by atoms with Crippen molar-refractivity contribution in [1.29, 1.82) is 0 Å². The van der Waals surface area contributed by atoms with Crippen molar-refractivity contribution in [3.8, 4) is 20.9 Å². The summed E-state index contributed by atoms with van der Waals surface area (Å²) in [6, 6.07) is 35.0. The first-order chi connectivity index (χ1) is 16.6. The molecule has 0 fully saturated rings. The van der Waals surface area contributed by atoms with Crippen molar-refractivity contribution in [2.45, 2.75) is 13.8 Å². The molecule has 0 amide bonds. The molecule has 0 nitrogen and oxygen atoms in total. The second-order valence-corrected chi connectivity index (χ2v) is 11.0. The van der Waals surface area contributed by atoms with E-state index in [2.05, 4.69) is 135 Å². The normalized spacial score (nSPS) is 11.6. The molecule has 0 bridgehead atoms. The van der Waals surface area contributed by atoms with Crippen LogP contribution in [-0.2, 0) is 0 Å². The third-order valence-corrected chi connectivity index (χ3v) is 7.84. The summed E-state index contributed by atoms with van der Waals surface area (Å²) >= 11 is 3.68. The van der Waals surface area contributed by atoms with Gasteiger partial charge in [0.15, 0.2) is 0 Å². The lowest BCUT2D eigenvalue weighted by Gasteiger charge is -2.00. The van der Waals surface area contributed by atoms with Crippen LogP contribution in [0.15, 0.2) is 97.1 Å². The van der Waals surface area contributed by atoms with E-state index in [9.17, 15) is 0 Å². The van der Waals surface area contributed by atoms with Gasteiger partial charge >= 0.3 is 0 Å². The Morgan fingerprint density at radius 1 is 0.382 bits per heavy atom. The quantitative estimate of drug-likeness (QED) is 0.215. The summed E-state index contributed by atoms with van der Waals surface area (Å²) in [5.41, 5.74) is 7.38. The second-order valence-electron chi connectivity index (χ2n) is 8.40. The van der Waals surface area contributed by atoms with Crippen LogP contribution in [0.3, 0.4) is 0 Å². The number of hydrogen-bond acceptors (Lipinski definition) is 2. The molecule has 0 saturated carbocycles. The molecule has 0 atom stereocenters. The summed E-state index contributed by atoms with van der Waals surface area (Å²) in [6.45, 7) is 4.30. The monoisotopic (exact) mass is 474 g/mol. The van der Waals surface area contributed by atoms with Crippen LogP contribution in [0.4, 0.5) is 0 Å². The highest BCUT2D eigenvalue weighted by atomic mass is 32.1. The Morgan fingerprint density at radius 3 is 0.941 bits per heavy atom. The zero-order valence-corrected chi connectivity index (χ0v) is 21.0. The fourth-order valence-electron chi connectivity index (χ4n) is 3.80. The maximum atomic E-state index is 2.20. The molecule has 5 aromatic rings. The highest BCUT2D eigenvalue weighted by Crippen LogP contribution is 2.29. The highest BCUT2D eigenvalue weighted by molar-refractivity contribution is 7.15. The van der Waals surface area contributed by atoms with Crippen molar-refractivity contribution >= 4 is 47.0 Å².